The maximum atomic E-state index is 12.9. The zero-order chi connectivity index (χ0) is 18.0. The molecule has 1 N–H and O–H groups in total. The van der Waals surface area contributed by atoms with Crippen molar-refractivity contribution < 1.29 is 9.53 Å². The van der Waals surface area contributed by atoms with E-state index in [1.165, 1.54) is 5.56 Å². The van der Waals surface area contributed by atoms with Crippen LogP contribution in [0.5, 0.6) is 0 Å². The standard InChI is InChI=1S/C21H26N2O2S/c1-16-5-2-6-17(15-16)19(18-7-3-14-26-18)22-20(24)23-11-9-21(10-12-23)8-4-13-25-21/h2-3,5-7,14-15,19H,4,8-13H2,1H3,(H,22,24)/t19-/m0/s1. The third kappa shape index (κ3) is 3.64. The maximum Gasteiger partial charge on any atom is 0.318 e. The molecule has 2 fully saturated rings. The third-order valence-electron chi connectivity index (χ3n) is 5.62. The quantitative estimate of drug-likeness (QED) is 0.864. The van der Waals surface area contributed by atoms with E-state index >= 15 is 0 Å². The summed E-state index contributed by atoms with van der Waals surface area (Å²) in [6, 6.07) is 12.4. The molecule has 2 aliphatic rings. The van der Waals surface area contributed by atoms with Crippen molar-refractivity contribution in [3.63, 3.8) is 0 Å². The van der Waals surface area contributed by atoms with Gasteiger partial charge in [-0.05, 0) is 49.6 Å². The van der Waals surface area contributed by atoms with Crippen molar-refractivity contribution in [2.45, 2.75) is 44.2 Å². The lowest BCUT2D eigenvalue weighted by atomic mass is 9.89. The summed E-state index contributed by atoms with van der Waals surface area (Å²) >= 11 is 1.68. The van der Waals surface area contributed by atoms with Gasteiger partial charge in [0.1, 0.15) is 0 Å². The number of thiophene rings is 1. The minimum atomic E-state index is -0.0963. The fourth-order valence-electron chi connectivity index (χ4n) is 4.11. The van der Waals surface area contributed by atoms with E-state index in [2.05, 4.69) is 48.0 Å². The van der Waals surface area contributed by atoms with Gasteiger partial charge in [0.25, 0.3) is 0 Å². The summed E-state index contributed by atoms with van der Waals surface area (Å²) in [5, 5.41) is 5.33. The van der Waals surface area contributed by atoms with E-state index in [9.17, 15) is 4.79 Å². The average Bonchev–Trinajstić information content (AvgIpc) is 3.33. The highest BCUT2D eigenvalue weighted by molar-refractivity contribution is 7.10. The Hall–Kier alpha value is -1.85. The molecule has 2 amide bonds. The minimum Gasteiger partial charge on any atom is -0.375 e. The van der Waals surface area contributed by atoms with Gasteiger partial charge in [0.2, 0.25) is 0 Å². The topological polar surface area (TPSA) is 41.6 Å². The summed E-state index contributed by atoms with van der Waals surface area (Å²) in [6.07, 6.45) is 4.20. The zero-order valence-corrected chi connectivity index (χ0v) is 16.1. The molecular weight excluding hydrogens is 344 g/mol. The number of benzene rings is 1. The van der Waals surface area contributed by atoms with Crippen molar-refractivity contribution in [3.05, 3.63) is 57.8 Å². The molecule has 4 nitrogen and oxygen atoms in total. The van der Waals surface area contributed by atoms with E-state index in [0.29, 0.717) is 0 Å². The first kappa shape index (κ1) is 17.6. The van der Waals surface area contributed by atoms with E-state index in [1.54, 1.807) is 11.3 Å². The number of urea groups is 1. The number of hydrogen-bond donors (Lipinski definition) is 1. The Bertz CT molecular complexity index is 743. The molecule has 3 heterocycles. The van der Waals surface area contributed by atoms with Gasteiger partial charge in [-0.1, -0.05) is 35.9 Å². The zero-order valence-electron chi connectivity index (χ0n) is 15.2. The number of carbonyl (C=O) groups is 1. The predicted octanol–water partition coefficient (Wildman–Crippen LogP) is 4.50. The van der Waals surface area contributed by atoms with Crippen LogP contribution in [0.2, 0.25) is 0 Å². The number of nitrogens with zero attached hydrogens (tertiary/aromatic N) is 1. The summed E-state index contributed by atoms with van der Waals surface area (Å²) in [5.74, 6) is 0. The van der Waals surface area contributed by atoms with E-state index in [0.717, 1.165) is 55.8 Å². The lowest BCUT2D eigenvalue weighted by Crippen LogP contribution is -2.50. The molecule has 1 spiro atoms. The Balaban J connectivity index is 1.47. The minimum absolute atomic E-state index is 0.0257. The SMILES string of the molecule is Cc1cccc([C@H](NC(=O)N2CCC3(CCCO3)CC2)c2cccs2)c1. The summed E-state index contributed by atoms with van der Waals surface area (Å²) < 4.78 is 5.98. The molecule has 0 saturated carbocycles. The highest BCUT2D eigenvalue weighted by atomic mass is 32.1. The molecule has 0 unspecified atom stereocenters. The lowest BCUT2D eigenvalue weighted by molar-refractivity contribution is -0.0362. The van der Waals surface area contributed by atoms with Crippen molar-refractivity contribution in [2.75, 3.05) is 19.7 Å². The van der Waals surface area contributed by atoms with Gasteiger partial charge >= 0.3 is 6.03 Å². The van der Waals surface area contributed by atoms with Gasteiger partial charge in [0.15, 0.2) is 0 Å². The number of nitrogens with one attached hydrogen (secondary N) is 1. The molecule has 26 heavy (non-hydrogen) atoms. The fourth-order valence-corrected chi connectivity index (χ4v) is 4.91. The van der Waals surface area contributed by atoms with Crippen molar-refractivity contribution in [1.29, 1.82) is 0 Å². The van der Waals surface area contributed by atoms with Gasteiger partial charge < -0.3 is 15.0 Å². The van der Waals surface area contributed by atoms with E-state index in [1.807, 2.05) is 11.0 Å². The number of piperidine rings is 1. The molecule has 2 aliphatic heterocycles. The van der Waals surface area contributed by atoms with Crippen LogP contribution in [0.4, 0.5) is 4.79 Å². The molecule has 1 aromatic heterocycles. The van der Waals surface area contributed by atoms with Gasteiger partial charge in [-0.15, -0.1) is 11.3 Å². The fraction of sp³-hybridized carbons (Fsp3) is 0.476. The average molecular weight is 371 g/mol. The number of amides is 2. The van der Waals surface area contributed by atoms with Crippen molar-refractivity contribution >= 4 is 17.4 Å². The number of hydrogen-bond acceptors (Lipinski definition) is 3. The second-order valence-electron chi connectivity index (χ2n) is 7.43. The predicted molar refractivity (Wildman–Crippen MR) is 105 cm³/mol. The van der Waals surface area contributed by atoms with E-state index < -0.39 is 0 Å². The summed E-state index contributed by atoms with van der Waals surface area (Å²) in [6.45, 7) is 4.51. The summed E-state index contributed by atoms with van der Waals surface area (Å²) in [5.41, 5.74) is 2.38. The van der Waals surface area contributed by atoms with Gasteiger partial charge in [0, 0.05) is 24.6 Å². The van der Waals surface area contributed by atoms with Crippen LogP contribution in [0.25, 0.3) is 0 Å². The molecule has 2 saturated heterocycles. The Labute approximate surface area is 159 Å². The van der Waals surface area contributed by atoms with Crippen LogP contribution < -0.4 is 5.32 Å². The van der Waals surface area contributed by atoms with Crippen LogP contribution in [0.3, 0.4) is 0 Å². The first-order chi connectivity index (χ1) is 12.7. The molecule has 1 atom stereocenters. The number of carbonyl (C=O) groups excluding carboxylic acids is 1. The van der Waals surface area contributed by atoms with Crippen LogP contribution in [0.1, 0.15) is 47.7 Å². The molecule has 0 aliphatic carbocycles. The summed E-state index contributed by atoms with van der Waals surface area (Å²) in [4.78, 5) is 16.1. The van der Waals surface area contributed by atoms with Gasteiger partial charge in [-0.2, -0.15) is 0 Å². The number of aryl methyl sites for hydroxylation is 1. The van der Waals surface area contributed by atoms with Gasteiger partial charge in [-0.3, -0.25) is 0 Å². The molecule has 2 aromatic rings. The van der Waals surface area contributed by atoms with Crippen LogP contribution in [0, 0.1) is 6.92 Å². The number of ether oxygens (including phenoxy) is 1. The van der Waals surface area contributed by atoms with Crippen LogP contribution in [-0.4, -0.2) is 36.2 Å². The van der Waals surface area contributed by atoms with Crippen LogP contribution in [0.15, 0.2) is 41.8 Å². The van der Waals surface area contributed by atoms with E-state index in [4.69, 9.17) is 4.74 Å². The van der Waals surface area contributed by atoms with Gasteiger partial charge in [-0.25, -0.2) is 4.79 Å². The van der Waals surface area contributed by atoms with Crippen molar-refractivity contribution in [2.24, 2.45) is 0 Å². The second-order valence-corrected chi connectivity index (χ2v) is 8.41. The molecule has 4 rings (SSSR count). The molecule has 5 heteroatoms. The molecule has 1 aromatic carbocycles. The monoisotopic (exact) mass is 370 g/mol. The van der Waals surface area contributed by atoms with Crippen molar-refractivity contribution in [1.82, 2.24) is 10.2 Å². The van der Waals surface area contributed by atoms with Crippen LogP contribution >= 0.6 is 11.3 Å². The largest absolute Gasteiger partial charge is 0.375 e. The lowest BCUT2D eigenvalue weighted by Gasteiger charge is -2.39. The Morgan fingerprint density at radius 2 is 2.08 bits per heavy atom. The number of rotatable bonds is 3. The molecule has 0 radical (unpaired) electrons. The van der Waals surface area contributed by atoms with Gasteiger partial charge in [0.05, 0.1) is 11.6 Å². The normalized spacial score (nSPS) is 20.3. The highest BCUT2D eigenvalue weighted by Gasteiger charge is 2.39. The Morgan fingerprint density at radius 1 is 1.23 bits per heavy atom. The molecular formula is C21H26N2O2S. The Morgan fingerprint density at radius 3 is 2.73 bits per heavy atom. The first-order valence-corrected chi connectivity index (χ1v) is 10.3. The third-order valence-corrected chi connectivity index (χ3v) is 6.56. The molecule has 138 valence electrons. The number of likely N-dealkylation sites (tertiary alicyclic amines) is 1. The van der Waals surface area contributed by atoms with E-state index in [-0.39, 0.29) is 17.7 Å². The maximum absolute atomic E-state index is 12.9. The van der Waals surface area contributed by atoms with Crippen molar-refractivity contribution in [3.8, 4) is 0 Å². The first-order valence-electron chi connectivity index (χ1n) is 9.45. The molecule has 0 bridgehead atoms. The smallest absolute Gasteiger partial charge is 0.318 e. The second kappa shape index (κ2) is 7.41. The van der Waals surface area contributed by atoms with Crippen LogP contribution in [-0.2, 0) is 4.74 Å². The summed E-state index contributed by atoms with van der Waals surface area (Å²) in [7, 11) is 0. The highest BCUT2D eigenvalue weighted by Crippen LogP contribution is 2.36. The Kier molecular flexibility index (Phi) is 5.00.